The maximum absolute atomic E-state index is 9.42. The van der Waals surface area contributed by atoms with Gasteiger partial charge in [0.2, 0.25) is 0 Å². The molecule has 2 unspecified atom stereocenters. The minimum Gasteiger partial charge on any atom is -0.391 e. The molecule has 0 fully saturated rings. The van der Waals surface area contributed by atoms with Crippen molar-refractivity contribution in [2.75, 3.05) is 0 Å². The zero-order valence-corrected chi connectivity index (χ0v) is 9.25. The van der Waals surface area contributed by atoms with Gasteiger partial charge in [-0.3, -0.25) is 0 Å². The third-order valence-corrected chi connectivity index (χ3v) is 2.60. The summed E-state index contributed by atoms with van der Waals surface area (Å²) in [6, 6.07) is 5.28. The zero-order chi connectivity index (χ0) is 10.7. The summed E-state index contributed by atoms with van der Waals surface area (Å²) in [6.45, 7) is 3.74. The predicted molar refractivity (Wildman–Crippen MR) is 59.4 cm³/mol. The number of aliphatic hydroxyl groups is 1. The Morgan fingerprint density at radius 1 is 1.50 bits per heavy atom. The number of rotatable bonds is 3. The lowest BCUT2D eigenvalue weighted by atomic mass is 9.96. The number of aliphatic hydroxyl groups excluding tert-OH is 1. The highest BCUT2D eigenvalue weighted by atomic mass is 35.5. The summed E-state index contributed by atoms with van der Waals surface area (Å²) in [5.41, 5.74) is 7.96. The SMILES string of the molecule is CCc1ccc(Cl)cc1C(N)C(C)O. The molecule has 78 valence electrons. The summed E-state index contributed by atoms with van der Waals surface area (Å²) in [6.07, 6.45) is 0.339. The van der Waals surface area contributed by atoms with E-state index in [1.165, 1.54) is 0 Å². The van der Waals surface area contributed by atoms with Crippen LogP contribution in [0.4, 0.5) is 0 Å². The van der Waals surface area contributed by atoms with E-state index < -0.39 is 6.10 Å². The first-order valence-electron chi connectivity index (χ1n) is 4.78. The first kappa shape index (κ1) is 11.5. The minimum atomic E-state index is -0.557. The molecule has 3 N–H and O–H groups in total. The normalized spacial score (nSPS) is 15.2. The van der Waals surface area contributed by atoms with Crippen LogP contribution in [0.2, 0.25) is 5.02 Å². The van der Waals surface area contributed by atoms with E-state index in [2.05, 4.69) is 6.92 Å². The molecule has 3 heteroatoms. The van der Waals surface area contributed by atoms with Crippen LogP contribution in [0.5, 0.6) is 0 Å². The first-order valence-corrected chi connectivity index (χ1v) is 5.16. The Hall–Kier alpha value is -0.570. The van der Waals surface area contributed by atoms with Gasteiger partial charge >= 0.3 is 0 Å². The molecule has 0 heterocycles. The van der Waals surface area contributed by atoms with Gasteiger partial charge in [0.05, 0.1) is 12.1 Å². The summed E-state index contributed by atoms with van der Waals surface area (Å²) in [7, 11) is 0. The summed E-state index contributed by atoms with van der Waals surface area (Å²) in [5.74, 6) is 0. The van der Waals surface area contributed by atoms with E-state index in [0.29, 0.717) is 5.02 Å². The smallest absolute Gasteiger partial charge is 0.0704 e. The fourth-order valence-corrected chi connectivity index (χ4v) is 1.64. The van der Waals surface area contributed by atoms with Gasteiger partial charge in [0.25, 0.3) is 0 Å². The lowest BCUT2D eigenvalue weighted by Crippen LogP contribution is -2.24. The molecule has 0 spiro atoms. The first-order chi connectivity index (χ1) is 6.56. The van der Waals surface area contributed by atoms with Crippen molar-refractivity contribution in [2.45, 2.75) is 32.4 Å². The van der Waals surface area contributed by atoms with Crippen molar-refractivity contribution in [1.82, 2.24) is 0 Å². The van der Waals surface area contributed by atoms with Crippen LogP contribution in [0, 0.1) is 0 Å². The Kier molecular flexibility index (Phi) is 3.93. The topological polar surface area (TPSA) is 46.2 Å². The second-order valence-corrected chi connectivity index (χ2v) is 3.90. The molecular weight excluding hydrogens is 198 g/mol. The number of benzene rings is 1. The second-order valence-electron chi connectivity index (χ2n) is 3.46. The monoisotopic (exact) mass is 213 g/mol. The van der Waals surface area contributed by atoms with Crippen molar-refractivity contribution in [3.8, 4) is 0 Å². The quantitative estimate of drug-likeness (QED) is 0.810. The van der Waals surface area contributed by atoms with Crippen LogP contribution in [0.3, 0.4) is 0 Å². The van der Waals surface area contributed by atoms with Crippen molar-refractivity contribution in [3.05, 3.63) is 34.3 Å². The minimum absolute atomic E-state index is 0.358. The third kappa shape index (κ3) is 2.47. The zero-order valence-electron chi connectivity index (χ0n) is 8.50. The molecule has 0 saturated carbocycles. The van der Waals surface area contributed by atoms with Gasteiger partial charge in [-0.15, -0.1) is 0 Å². The second kappa shape index (κ2) is 4.78. The van der Waals surface area contributed by atoms with Crippen LogP contribution in [-0.4, -0.2) is 11.2 Å². The highest BCUT2D eigenvalue weighted by Crippen LogP contribution is 2.23. The molecule has 1 aromatic rings. The van der Waals surface area contributed by atoms with Gasteiger partial charge in [-0.25, -0.2) is 0 Å². The van der Waals surface area contributed by atoms with Crippen LogP contribution in [0.15, 0.2) is 18.2 Å². The highest BCUT2D eigenvalue weighted by Gasteiger charge is 2.15. The number of aryl methyl sites for hydroxylation is 1. The molecule has 0 saturated heterocycles. The van der Waals surface area contributed by atoms with Gasteiger partial charge < -0.3 is 10.8 Å². The highest BCUT2D eigenvalue weighted by molar-refractivity contribution is 6.30. The Bertz CT molecular complexity index is 312. The van der Waals surface area contributed by atoms with E-state index in [1.54, 1.807) is 6.92 Å². The molecule has 14 heavy (non-hydrogen) atoms. The van der Waals surface area contributed by atoms with E-state index in [9.17, 15) is 5.11 Å². The van der Waals surface area contributed by atoms with E-state index in [-0.39, 0.29) is 6.04 Å². The predicted octanol–water partition coefficient (Wildman–Crippen LogP) is 2.28. The average Bonchev–Trinajstić information content (AvgIpc) is 2.16. The molecule has 0 aliphatic rings. The van der Waals surface area contributed by atoms with Gasteiger partial charge in [-0.1, -0.05) is 24.6 Å². The van der Waals surface area contributed by atoms with Crippen molar-refractivity contribution in [2.24, 2.45) is 5.73 Å². The Morgan fingerprint density at radius 3 is 2.64 bits per heavy atom. The summed E-state index contributed by atoms with van der Waals surface area (Å²) < 4.78 is 0. The lowest BCUT2D eigenvalue weighted by Gasteiger charge is -2.18. The van der Waals surface area contributed by atoms with Crippen LogP contribution < -0.4 is 5.73 Å². The number of hydrogen-bond donors (Lipinski definition) is 2. The molecule has 0 amide bonds. The third-order valence-electron chi connectivity index (χ3n) is 2.37. The largest absolute Gasteiger partial charge is 0.391 e. The van der Waals surface area contributed by atoms with Crippen LogP contribution in [0.1, 0.15) is 31.0 Å². The molecule has 2 nitrogen and oxygen atoms in total. The molecule has 0 aliphatic heterocycles. The molecule has 0 aliphatic carbocycles. The standard InChI is InChI=1S/C11H16ClNO/c1-3-8-4-5-9(12)6-10(8)11(13)7(2)14/h4-7,11,14H,3,13H2,1-2H3. The van der Waals surface area contributed by atoms with Crippen molar-refractivity contribution >= 4 is 11.6 Å². The van der Waals surface area contributed by atoms with Gasteiger partial charge in [0.15, 0.2) is 0 Å². The van der Waals surface area contributed by atoms with E-state index in [4.69, 9.17) is 17.3 Å². The summed E-state index contributed by atoms with van der Waals surface area (Å²) in [5, 5.41) is 10.1. The van der Waals surface area contributed by atoms with Crippen molar-refractivity contribution in [1.29, 1.82) is 0 Å². The van der Waals surface area contributed by atoms with Crippen molar-refractivity contribution < 1.29 is 5.11 Å². The number of hydrogen-bond acceptors (Lipinski definition) is 2. The maximum atomic E-state index is 9.42. The Balaban J connectivity index is 3.10. The number of nitrogens with two attached hydrogens (primary N) is 1. The van der Waals surface area contributed by atoms with Crippen LogP contribution >= 0.6 is 11.6 Å². The van der Waals surface area contributed by atoms with Gasteiger partial charge in [-0.2, -0.15) is 0 Å². The number of halogens is 1. The molecule has 0 radical (unpaired) electrons. The lowest BCUT2D eigenvalue weighted by molar-refractivity contribution is 0.164. The van der Waals surface area contributed by atoms with Crippen LogP contribution in [-0.2, 0) is 6.42 Å². The maximum Gasteiger partial charge on any atom is 0.0704 e. The van der Waals surface area contributed by atoms with E-state index in [0.717, 1.165) is 17.5 Å². The van der Waals surface area contributed by atoms with Crippen molar-refractivity contribution in [3.63, 3.8) is 0 Å². The summed E-state index contributed by atoms with van der Waals surface area (Å²) in [4.78, 5) is 0. The van der Waals surface area contributed by atoms with Crippen LogP contribution in [0.25, 0.3) is 0 Å². The molecular formula is C11H16ClNO. The Labute approximate surface area is 89.7 Å². The Morgan fingerprint density at radius 2 is 2.14 bits per heavy atom. The summed E-state index contributed by atoms with van der Waals surface area (Å²) >= 11 is 5.89. The molecule has 1 rings (SSSR count). The molecule has 0 aromatic heterocycles. The van der Waals surface area contributed by atoms with Gasteiger partial charge in [0.1, 0.15) is 0 Å². The fourth-order valence-electron chi connectivity index (χ4n) is 1.46. The van der Waals surface area contributed by atoms with Gasteiger partial charge in [-0.05, 0) is 36.6 Å². The van der Waals surface area contributed by atoms with E-state index >= 15 is 0 Å². The van der Waals surface area contributed by atoms with E-state index in [1.807, 2.05) is 18.2 Å². The fraction of sp³-hybridized carbons (Fsp3) is 0.455. The molecule has 2 atom stereocenters. The van der Waals surface area contributed by atoms with Gasteiger partial charge in [0, 0.05) is 5.02 Å². The average molecular weight is 214 g/mol. The molecule has 0 bridgehead atoms. The molecule has 1 aromatic carbocycles.